The number of nitriles is 1. The number of amides is 1. The summed E-state index contributed by atoms with van der Waals surface area (Å²) in [6.07, 6.45) is 0. The van der Waals surface area contributed by atoms with Crippen LogP contribution in [0.15, 0.2) is 34.8 Å². The number of hydrogen-bond donors (Lipinski definition) is 1. The van der Waals surface area contributed by atoms with Crippen LogP contribution in [0, 0.1) is 11.3 Å². The highest BCUT2D eigenvalue weighted by Gasteiger charge is 2.11. The van der Waals surface area contributed by atoms with Crippen LogP contribution in [0.1, 0.15) is 10.4 Å². The number of rotatable bonds is 3. The number of fused-ring (bicyclic) bond motifs is 1. The first kappa shape index (κ1) is 12.4. The summed E-state index contributed by atoms with van der Waals surface area (Å²) in [4.78, 5) is 11.3. The largest absolute Gasteiger partial charge is 0.478 e. The van der Waals surface area contributed by atoms with Crippen molar-refractivity contribution in [1.82, 2.24) is 0 Å². The lowest BCUT2D eigenvalue weighted by molar-refractivity contribution is 0.100. The highest BCUT2D eigenvalue weighted by atomic mass is 79.9. The summed E-state index contributed by atoms with van der Waals surface area (Å²) in [5, 5.41) is 10.1. The van der Waals surface area contributed by atoms with Crippen LogP contribution >= 0.6 is 15.9 Å². The van der Waals surface area contributed by atoms with E-state index < -0.39 is 5.91 Å². The second-order valence-corrected chi connectivity index (χ2v) is 4.38. The fourth-order valence-corrected chi connectivity index (χ4v) is 2.33. The third kappa shape index (κ3) is 2.15. The first-order chi connectivity index (χ1) is 8.65. The van der Waals surface area contributed by atoms with E-state index in [1.807, 2.05) is 12.1 Å². The Kier molecular flexibility index (Phi) is 3.49. The van der Waals surface area contributed by atoms with Crippen LogP contribution in [-0.2, 0) is 0 Å². The van der Waals surface area contributed by atoms with Crippen molar-refractivity contribution in [1.29, 1.82) is 5.26 Å². The lowest BCUT2D eigenvalue weighted by Gasteiger charge is -2.09. The van der Waals surface area contributed by atoms with Crippen molar-refractivity contribution in [2.45, 2.75) is 0 Å². The Bertz CT molecular complexity index is 662. The number of ether oxygens (including phenoxy) is 1. The molecule has 18 heavy (non-hydrogen) atoms. The number of halogens is 1. The van der Waals surface area contributed by atoms with E-state index in [9.17, 15) is 4.79 Å². The van der Waals surface area contributed by atoms with Gasteiger partial charge in [-0.3, -0.25) is 4.79 Å². The second kappa shape index (κ2) is 5.07. The van der Waals surface area contributed by atoms with Gasteiger partial charge in [0.25, 0.3) is 0 Å². The SMILES string of the molecule is N#CCOc1ccc2c(C(N)=O)cccc2c1Br. The van der Waals surface area contributed by atoms with Gasteiger partial charge in [-0.1, -0.05) is 12.1 Å². The molecule has 0 spiro atoms. The Balaban J connectivity index is 2.62. The summed E-state index contributed by atoms with van der Waals surface area (Å²) >= 11 is 3.41. The molecule has 0 radical (unpaired) electrons. The quantitative estimate of drug-likeness (QED) is 0.947. The highest BCUT2D eigenvalue weighted by Crippen LogP contribution is 2.34. The van der Waals surface area contributed by atoms with Gasteiger partial charge in [-0.05, 0) is 39.5 Å². The summed E-state index contributed by atoms with van der Waals surface area (Å²) < 4.78 is 5.98. The van der Waals surface area contributed by atoms with Gasteiger partial charge in [-0.25, -0.2) is 0 Å². The zero-order valence-corrected chi connectivity index (χ0v) is 10.9. The molecule has 0 bridgehead atoms. The van der Waals surface area contributed by atoms with Crippen LogP contribution in [0.4, 0.5) is 0 Å². The smallest absolute Gasteiger partial charge is 0.249 e. The van der Waals surface area contributed by atoms with E-state index in [-0.39, 0.29) is 6.61 Å². The number of nitrogens with two attached hydrogens (primary N) is 1. The van der Waals surface area contributed by atoms with Crippen molar-refractivity contribution in [2.75, 3.05) is 6.61 Å². The molecular weight excluding hydrogens is 296 g/mol. The number of primary amides is 1. The molecule has 2 aromatic carbocycles. The van der Waals surface area contributed by atoms with Crippen LogP contribution in [0.2, 0.25) is 0 Å². The maximum Gasteiger partial charge on any atom is 0.249 e. The normalized spacial score (nSPS) is 10.0. The van der Waals surface area contributed by atoms with Gasteiger partial charge in [0.1, 0.15) is 11.8 Å². The first-order valence-electron chi connectivity index (χ1n) is 5.16. The van der Waals surface area contributed by atoms with Gasteiger partial charge >= 0.3 is 0 Å². The first-order valence-corrected chi connectivity index (χ1v) is 5.95. The standard InChI is InChI=1S/C13H9BrN2O2/c14-12-9-2-1-3-10(13(16)17)8(9)4-5-11(12)18-7-6-15/h1-5H,7H2,(H2,16,17). The lowest BCUT2D eigenvalue weighted by Crippen LogP contribution is -2.11. The minimum absolute atomic E-state index is 0.0282. The molecule has 0 atom stereocenters. The van der Waals surface area contributed by atoms with Crippen molar-refractivity contribution in [3.8, 4) is 11.8 Å². The maximum absolute atomic E-state index is 11.3. The number of hydrogen-bond acceptors (Lipinski definition) is 3. The van der Waals surface area contributed by atoms with Gasteiger partial charge in [-0.15, -0.1) is 0 Å². The van der Waals surface area contributed by atoms with Crippen LogP contribution in [0.3, 0.4) is 0 Å². The van der Waals surface area contributed by atoms with Crippen LogP contribution in [0.5, 0.6) is 5.75 Å². The summed E-state index contributed by atoms with van der Waals surface area (Å²) in [5.74, 6) is 0.0869. The number of benzene rings is 2. The monoisotopic (exact) mass is 304 g/mol. The molecule has 0 aromatic heterocycles. The van der Waals surface area contributed by atoms with E-state index in [0.29, 0.717) is 15.8 Å². The van der Waals surface area contributed by atoms with Gasteiger partial charge in [0, 0.05) is 10.9 Å². The molecular formula is C13H9BrN2O2. The van der Waals surface area contributed by atoms with Crippen LogP contribution in [-0.4, -0.2) is 12.5 Å². The van der Waals surface area contributed by atoms with Crippen molar-refractivity contribution >= 4 is 32.6 Å². The molecule has 4 nitrogen and oxygen atoms in total. The van der Waals surface area contributed by atoms with Gasteiger partial charge < -0.3 is 10.5 Å². The Labute approximate surface area is 112 Å². The van der Waals surface area contributed by atoms with Crippen molar-refractivity contribution in [3.63, 3.8) is 0 Å². The molecule has 2 rings (SSSR count). The molecule has 0 aliphatic heterocycles. The number of nitrogens with zero attached hydrogens (tertiary/aromatic N) is 1. The van der Waals surface area contributed by atoms with Gasteiger partial charge in [0.2, 0.25) is 5.91 Å². The topological polar surface area (TPSA) is 76.1 Å². The average Bonchev–Trinajstić information content (AvgIpc) is 2.37. The van der Waals surface area contributed by atoms with E-state index in [1.54, 1.807) is 24.3 Å². The van der Waals surface area contributed by atoms with Crippen molar-refractivity contribution < 1.29 is 9.53 Å². The van der Waals surface area contributed by atoms with Gasteiger partial charge in [0.15, 0.2) is 6.61 Å². The molecule has 0 saturated heterocycles. The average molecular weight is 305 g/mol. The third-order valence-electron chi connectivity index (χ3n) is 2.52. The Morgan fingerprint density at radius 2 is 2.11 bits per heavy atom. The lowest BCUT2D eigenvalue weighted by atomic mass is 10.0. The van der Waals surface area contributed by atoms with E-state index >= 15 is 0 Å². The molecule has 5 heteroatoms. The zero-order valence-electron chi connectivity index (χ0n) is 9.31. The molecule has 0 saturated carbocycles. The van der Waals surface area contributed by atoms with E-state index in [1.165, 1.54) is 0 Å². The van der Waals surface area contributed by atoms with Crippen LogP contribution < -0.4 is 10.5 Å². The van der Waals surface area contributed by atoms with E-state index in [0.717, 1.165) is 10.8 Å². The predicted octanol–water partition coefficient (Wildman–Crippen LogP) is 2.60. The summed E-state index contributed by atoms with van der Waals surface area (Å²) in [5.41, 5.74) is 5.78. The third-order valence-corrected chi connectivity index (χ3v) is 3.34. The van der Waals surface area contributed by atoms with E-state index in [4.69, 9.17) is 15.7 Å². The molecule has 1 amide bonds. The Morgan fingerprint density at radius 1 is 1.33 bits per heavy atom. The fourth-order valence-electron chi connectivity index (χ4n) is 1.74. The molecule has 90 valence electrons. The highest BCUT2D eigenvalue weighted by molar-refractivity contribution is 9.10. The molecule has 2 aromatic rings. The predicted molar refractivity (Wildman–Crippen MR) is 71.3 cm³/mol. The van der Waals surface area contributed by atoms with E-state index in [2.05, 4.69) is 15.9 Å². The molecule has 0 fully saturated rings. The van der Waals surface area contributed by atoms with Crippen molar-refractivity contribution in [2.24, 2.45) is 5.73 Å². The fraction of sp³-hybridized carbons (Fsp3) is 0.0769. The minimum Gasteiger partial charge on any atom is -0.478 e. The van der Waals surface area contributed by atoms with Gasteiger partial charge in [-0.2, -0.15) is 5.26 Å². The number of carbonyl (C=O) groups excluding carboxylic acids is 1. The van der Waals surface area contributed by atoms with Crippen LogP contribution in [0.25, 0.3) is 10.8 Å². The Hall–Kier alpha value is -2.06. The minimum atomic E-state index is -0.474. The summed E-state index contributed by atoms with van der Waals surface area (Å²) in [6, 6.07) is 10.6. The molecule has 0 aliphatic rings. The second-order valence-electron chi connectivity index (χ2n) is 3.59. The zero-order chi connectivity index (χ0) is 13.1. The molecule has 2 N–H and O–H groups in total. The number of carbonyl (C=O) groups is 1. The summed E-state index contributed by atoms with van der Waals surface area (Å²) in [7, 11) is 0. The summed E-state index contributed by atoms with van der Waals surface area (Å²) in [6.45, 7) is -0.0282. The van der Waals surface area contributed by atoms with Crippen molar-refractivity contribution in [3.05, 3.63) is 40.4 Å². The molecule has 0 unspecified atom stereocenters. The Morgan fingerprint density at radius 3 is 2.78 bits per heavy atom. The van der Waals surface area contributed by atoms with Gasteiger partial charge in [0.05, 0.1) is 4.47 Å². The molecule has 0 aliphatic carbocycles. The molecule has 0 heterocycles. The maximum atomic E-state index is 11.3.